The van der Waals surface area contributed by atoms with E-state index in [4.69, 9.17) is 4.74 Å². The van der Waals surface area contributed by atoms with Crippen LogP contribution in [0.3, 0.4) is 0 Å². The van der Waals surface area contributed by atoms with Crippen molar-refractivity contribution in [3.05, 3.63) is 58.6 Å². The van der Waals surface area contributed by atoms with Gasteiger partial charge >= 0.3 is 0 Å². The molecule has 0 aromatic heterocycles. The smallest absolute Gasteiger partial charge is 0.227 e. The molecule has 2 aromatic rings. The average molecular weight is 431 g/mol. The van der Waals surface area contributed by atoms with Gasteiger partial charge in [-0.3, -0.25) is 9.59 Å². The van der Waals surface area contributed by atoms with Gasteiger partial charge in [0.2, 0.25) is 11.8 Å². The molecular weight excluding hydrogens is 408 g/mol. The van der Waals surface area contributed by atoms with E-state index in [0.29, 0.717) is 18.9 Å². The molecule has 0 saturated heterocycles. The number of hydrogen-bond acceptors (Lipinski definition) is 3. The largest absolute Gasteiger partial charge is 0.490 e. The van der Waals surface area contributed by atoms with Gasteiger partial charge < -0.3 is 15.0 Å². The quantitative estimate of drug-likeness (QED) is 0.779. The Kier molecular flexibility index (Phi) is 5.85. The summed E-state index contributed by atoms with van der Waals surface area (Å²) in [5.41, 5.74) is 1.27. The number of rotatable bonds is 5. The molecule has 0 fully saturated rings. The van der Waals surface area contributed by atoms with Gasteiger partial charge in [-0.05, 0) is 43.7 Å². The highest BCUT2D eigenvalue weighted by Crippen LogP contribution is 2.31. The molecule has 0 aliphatic carbocycles. The Hall–Kier alpha value is -2.34. The highest BCUT2D eigenvalue weighted by molar-refractivity contribution is 9.10. The molecule has 0 atom stereocenters. The number of carbonyl (C=O) groups is 2. The van der Waals surface area contributed by atoms with E-state index in [9.17, 15) is 9.59 Å². The number of para-hydroxylation sites is 2. The van der Waals surface area contributed by atoms with Crippen molar-refractivity contribution in [2.75, 3.05) is 18.1 Å². The topological polar surface area (TPSA) is 58.6 Å². The van der Waals surface area contributed by atoms with Crippen LogP contribution in [0.25, 0.3) is 0 Å². The second kappa shape index (κ2) is 8.13. The minimum atomic E-state index is -0.508. The third-order valence-corrected chi connectivity index (χ3v) is 5.14. The first-order valence-corrected chi connectivity index (χ1v) is 9.75. The summed E-state index contributed by atoms with van der Waals surface area (Å²) in [6.45, 7) is 4.87. The van der Waals surface area contributed by atoms with Crippen LogP contribution < -0.4 is 15.0 Å². The standard InChI is InChI=1S/C21H23BrN2O3/c1-21(2,15-7-9-16(22)10-8-15)23-19(25)11-12-20(26)24-13-14-27-18-6-4-3-5-17(18)24/h3-10H,11-14H2,1-2H3,(H,23,25). The third-order valence-electron chi connectivity index (χ3n) is 4.61. The number of anilines is 1. The van der Waals surface area contributed by atoms with Crippen molar-refractivity contribution in [3.63, 3.8) is 0 Å². The van der Waals surface area contributed by atoms with Crippen LogP contribution in [-0.4, -0.2) is 25.0 Å². The van der Waals surface area contributed by atoms with Gasteiger partial charge in [0.25, 0.3) is 0 Å². The number of carbonyl (C=O) groups excluding carboxylic acids is 2. The van der Waals surface area contributed by atoms with Crippen LogP contribution in [0, 0.1) is 0 Å². The minimum absolute atomic E-state index is 0.0673. The summed E-state index contributed by atoms with van der Waals surface area (Å²) >= 11 is 3.41. The summed E-state index contributed by atoms with van der Waals surface area (Å²) in [6, 6.07) is 15.3. The Labute approximate surface area is 167 Å². The van der Waals surface area contributed by atoms with Crippen molar-refractivity contribution in [3.8, 4) is 5.75 Å². The Morgan fingerprint density at radius 1 is 1.11 bits per heavy atom. The number of hydrogen-bond donors (Lipinski definition) is 1. The first-order chi connectivity index (χ1) is 12.9. The van der Waals surface area contributed by atoms with Gasteiger partial charge in [-0.1, -0.05) is 40.2 Å². The Bertz CT molecular complexity index is 834. The first-order valence-electron chi connectivity index (χ1n) is 8.96. The maximum atomic E-state index is 12.6. The molecule has 0 bridgehead atoms. The van der Waals surface area contributed by atoms with E-state index in [1.807, 2.05) is 62.4 Å². The summed E-state index contributed by atoms with van der Waals surface area (Å²) in [5, 5.41) is 3.02. The zero-order chi connectivity index (χ0) is 19.4. The van der Waals surface area contributed by atoms with Gasteiger partial charge in [-0.25, -0.2) is 0 Å². The molecule has 5 nitrogen and oxygen atoms in total. The molecule has 6 heteroatoms. The van der Waals surface area contributed by atoms with Gasteiger partial charge in [-0.15, -0.1) is 0 Å². The van der Waals surface area contributed by atoms with E-state index >= 15 is 0 Å². The lowest BCUT2D eigenvalue weighted by Crippen LogP contribution is -2.42. The molecule has 0 spiro atoms. The number of ether oxygens (including phenoxy) is 1. The van der Waals surface area contributed by atoms with Crippen LogP contribution in [0.5, 0.6) is 5.75 Å². The molecule has 1 aliphatic rings. The fourth-order valence-electron chi connectivity index (χ4n) is 3.13. The van der Waals surface area contributed by atoms with Crippen LogP contribution in [0.15, 0.2) is 53.0 Å². The number of nitrogens with zero attached hydrogens (tertiary/aromatic N) is 1. The normalized spacial score (nSPS) is 13.5. The van der Waals surface area contributed by atoms with E-state index in [0.717, 1.165) is 15.7 Å². The van der Waals surface area contributed by atoms with Crippen molar-refractivity contribution in [1.29, 1.82) is 0 Å². The lowest BCUT2D eigenvalue weighted by atomic mass is 9.94. The maximum absolute atomic E-state index is 12.6. The third kappa shape index (κ3) is 4.69. The van der Waals surface area contributed by atoms with Gasteiger partial charge in [0.15, 0.2) is 0 Å². The molecule has 1 heterocycles. The lowest BCUT2D eigenvalue weighted by Gasteiger charge is -2.30. The van der Waals surface area contributed by atoms with E-state index in [2.05, 4.69) is 21.2 Å². The second-order valence-electron chi connectivity index (χ2n) is 7.04. The molecule has 142 valence electrons. The Morgan fingerprint density at radius 3 is 2.56 bits per heavy atom. The van der Waals surface area contributed by atoms with Crippen LogP contribution >= 0.6 is 15.9 Å². The molecule has 1 N–H and O–H groups in total. The van der Waals surface area contributed by atoms with E-state index in [-0.39, 0.29) is 24.7 Å². The van der Waals surface area contributed by atoms with Crippen molar-refractivity contribution >= 4 is 33.4 Å². The number of fused-ring (bicyclic) bond motifs is 1. The zero-order valence-electron chi connectivity index (χ0n) is 15.5. The second-order valence-corrected chi connectivity index (χ2v) is 7.96. The van der Waals surface area contributed by atoms with Crippen molar-refractivity contribution in [2.24, 2.45) is 0 Å². The van der Waals surface area contributed by atoms with Crippen LogP contribution in [-0.2, 0) is 15.1 Å². The molecule has 27 heavy (non-hydrogen) atoms. The fraction of sp³-hybridized carbons (Fsp3) is 0.333. The SMILES string of the molecule is CC(C)(NC(=O)CCC(=O)N1CCOc2ccccc21)c1ccc(Br)cc1. The lowest BCUT2D eigenvalue weighted by molar-refractivity contribution is -0.126. The van der Waals surface area contributed by atoms with Gasteiger partial charge in [0, 0.05) is 17.3 Å². The van der Waals surface area contributed by atoms with Gasteiger partial charge in [0.05, 0.1) is 17.8 Å². The Balaban J connectivity index is 1.58. The van der Waals surface area contributed by atoms with Crippen LogP contribution in [0.1, 0.15) is 32.3 Å². The van der Waals surface area contributed by atoms with Crippen molar-refractivity contribution in [1.82, 2.24) is 5.32 Å². The maximum Gasteiger partial charge on any atom is 0.227 e. The highest BCUT2D eigenvalue weighted by atomic mass is 79.9. The minimum Gasteiger partial charge on any atom is -0.490 e. The molecule has 2 amide bonds. The monoisotopic (exact) mass is 430 g/mol. The number of nitrogens with one attached hydrogen (secondary N) is 1. The molecule has 0 saturated carbocycles. The summed E-state index contributed by atoms with van der Waals surface area (Å²) in [4.78, 5) is 26.7. The molecule has 0 radical (unpaired) electrons. The van der Waals surface area contributed by atoms with Gasteiger partial charge in [-0.2, -0.15) is 0 Å². The fourth-order valence-corrected chi connectivity index (χ4v) is 3.40. The predicted octanol–water partition coefficient (Wildman–Crippen LogP) is 4.01. The predicted molar refractivity (Wildman–Crippen MR) is 109 cm³/mol. The summed E-state index contributed by atoms with van der Waals surface area (Å²) < 4.78 is 6.57. The van der Waals surface area contributed by atoms with E-state index in [1.54, 1.807) is 4.90 Å². The number of benzene rings is 2. The molecular formula is C21H23BrN2O3. The van der Waals surface area contributed by atoms with Gasteiger partial charge in [0.1, 0.15) is 12.4 Å². The summed E-state index contributed by atoms with van der Waals surface area (Å²) in [5.74, 6) is 0.498. The van der Waals surface area contributed by atoms with Crippen molar-refractivity contribution < 1.29 is 14.3 Å². The highest BCUT2D eigenvalue weighted by Gasteiger charge is 2.26. The first kappa shape index (κ1) is 19.4. The van der Waals surface area contributed by atoms with E-state index in [1.165, 1.54) is 0 Å². The van der Waals surface area contributed by atoms with Crippen LogP contribution in [0.2, 0.25) is 0 Å². The zero-order valence-corrected chi connectivity index (χ0v) is 17.1. The summed E-state index contributed by atoms with van der Waals surface area (Å²) in [6.07, 6.45) is 0.314. The number of amides is 2. The molecule has 2 aromatic carbocycles. The molecule has 3 rings (SSSR count). The molecule has 1 aliphatic heterocycles. The molecule has 0 unspecified atom stereocenters. The number of halogens is 1. The average Bonchev–Trinajstić information content (AvgIpc) is 2.65. The van der Waals surface area contributed by atoms with Crippen molar-refractivity contribution in [2.45, 2.75) is 32.2 Å². The van der Waals surface area contributed by atoms with E-state index < -0.39 is 5.54 Å². The van der Waals surface area contributed by atoms with Crippen LogP contribution in [0.4, 0.5) is 5.69 Å². The summed E-state index contributed by atoms with van der Waals surface area (Å²) in [7, 11) is 0. The Morgan fingerprint density at radius 2 is 1.81 bits per heavy atom.